The molecule has 0 radical (unpaired) electrons. The number of carbonyl (C=O) groups excluding carboxylic acids is 1. The Bertz CT molecular complexity index is 1330. The summed E-state index contributed by atoms with van der Waals surface area (Å²) >= 11 is 0. The molecule has 1 amide bonds. The van der Waals surface area contributed by atoms with Gasteiger partial charge in [-0.3, -0.25) is 9.48 Å². The van der Waals surface area contributed by atoms with Gasteiger partial charge in [-0.15, -0.1) is 0 Å². The van der Waals surface area contributed by atoms with Crippen LogP contribution in [0.15, 0.2) is 43.0 Å². The largest absolute Gasteiger partial charge is 0.492 e. The topological polar surface area (TPSA) is 110 Å². The molecule has 4 rings (SSSR count). The minimum absolute atomic E-state index is 0.0462. The summed E-state index contributed by atoms with van der Waals surface area (Å²) in [5.41, 5.74) is 2.60. The van der Waals surface area contributed by atoms with Crippen molar-refractivity contribution in [3.8, 4) is 5.75 Å². The van der Waals surface area contributed by atoms with E-state index < -0.39 is 12.9 Å². The molecular weight excluding hydrogens is 384 g/mol. The molecule has 0 saturated heterocycles. The summed E-state index contributed by atoms with van der Waals surface area (Å²) in [5.74, 6) is 0.687. The number of hydrogen-bond donors (Lipinski definition) is 3. The second kappa shape index (κ2) is 7.74. The summed E-state index contributed by atoms with van der Waals surface area (Å²) in [6.45, 7) is -0.740. The van der Waals surface area contributed by atoms with E-state index in [0.717, 1.165) is 11.1 Å². The Morgan fingerprint density at radius 3 is 2.77 bits per heavy atom. The van der Waals surface area contributed by atoms with Gasteiger partial charge in [0.2, 0.25) is 0 Å². The van der Waals surface area contributed by atoms with Crippen LogP contribution in [0.4, 0.5) is 23.0 Å². The third-order valence-corrected chi connectivity index (χ3v) is 4.53. The van der Waals surface area contributed by atoms with Crippen molar-refractivity contribution < 1.29 is 13.6 Å². The average molecular weight is 409 g/mol. The molecule has 0 bridgehead atoms. The standard InChI is InChI=1S/C20H22N8O2/c1-12-10-23-28-8-5-14(19(30-4)18(12)28)24-15-9-17(22-11-13(15)20(29)21-2)25-16-6-7-27(3)26-16/h5-11H,1-4H3,(H,21,29)(H2,22,24,25,26)/i2D3. The summed E-state index contributed by atoms with van der Waals surface area (Å²) in [5, 5.41) is 16.8. The molecule has 0 aromatic carbocycles. The monoisotopic (exact) mass is 409 g/mol. The van der Waals surface area contributed by atoms with Crippen LogP contribution in [0.25, 0.3) is 5.52 Å². The van der Waals surface area contributed by atoms with Crippen LogP contribution in [0.1, 0.15) is 20.0 Å². The first-order valence-corrected chi connectivity index (χ1v) is 9.02. The van der Waals surface area contributed by atoms with E-state index in [1.807, 2.05) is 12.2 Å². The number of pyridine rings is 2. The zero-order valence-corrected chi connectivity index (χ0v) is 16.6. The number of nitrogens with one attached hydrogen (secondary N) is 3. The highest BCUT2D eigenvalue weighted by molar-refractivity contribution is 6.00. The molecule has 4 aromatic rings. The zero-order valence-electron chi connectivity index (χ0n) is 19.6. The lowest BCUT2D eigenvalue weighted by atomic mass is 10.2. The Kier molecular flexibility index (Phi) is 4.08. The van der Waals surface area contributed by atoms with Gasteiger partial charge in [-0.25, -0.2) is 9.50 Å². The molecule has 4 heterocycles. The molecule has 154 valence electrons. The molecule has 0 aliphatic heterocycles. The molecule has 3 N–H and O–H groups in total. The van der Waals surface area contributed by atoms with Crippen molar-refractivity contribution in [1.82, 2.24) is 29.7 Å². The maximum Gasteiger partial charge on any atom is 0.254 e. The second-order valence-electron chi connectivity index (χ2n) is 6.58. The van der Waals surface area contributed by atoms with Crippen LogP contribution >= 0.6 is 0 Å². The Labute approximate surface area is 177 Å². The highest BCUT2D eigenvalue weighted by atomic mass is 16.5. The maximum atomic E-state index is 12.7. The molecule has 0 spiro atoms. The zero-order chi connectivity index (χ0) is 23.8. The number of amides is 1. The molecule has 0 aliphatic carbocycles. The third-order valence-electron chi connectivity index (χ3n) is 4.53. The lowest BCUT2D eigenvalue weighted by molar-refractivity contribution is 0.0963. The fourth-order valence-corrected chi connectivity index (χ4v) is 3.13. The van der Waals surface area contributed by atoms with Crippen LogP contribution in [-0.2, 0) is 7.05 Å². The molecule has 0 unspecified atom stereocenters. The third kappa shape index (κ3) is 3.50. The number of nitrogens with zero attached hydrogens (tertiary/aromatic N) is 5. The first kappa shape index (κ1) is 15.8. The van der Waals surface area contributed by atoms with Gasteiger partial charge in [-0.05, 0) is 18.6 Å². The van der Waals surface area contributed by atoms with Gasteiger partial charge in [0.15, 0.2) is 11.6 Å². The first-order valence-electron chi connectivity index (χ1n) is 10.5. The lowest BCUT2D eigenvalue weighted by Crippen LogP contribution is -2.19. The maximum absolute atomic E-state index is 12.7. The molecule has 0 fully saturated rings. The number of carbonyl (C=O) groups is 1. The van der Waals surface area contributed by atoms with Crippen molar-refractivity contribution in [1.29, 1.82) is 0 Å². The number of methoxy groups -OCH3 is 1. The predicted molar refractivity (Wildman–Crippen MR) is 114 cm³/mol. The van der Waals surface area contributed by atoms with Crippen molar-refractivity contribution in [2.45, 2.75) is 6.92 Å². The van der Waals surface area contributed by atoms with E-state index in [4.69, 9.17) is 8.85 Å². The molecule has 4 aromatic heterocycles. The van der Waals surface area contributed by atoms with Crippen LogP contribution in [0, 0.1) is 6.92 Å². The SMILES string of the molecule is [2H]C([2H])([2H])NC(=O)c1cnc(Nc2ccn(C)n2)cc1Nc1ccn2ncc(C)c2c1OC. The number of hydrogen-bond acceptors (Lipinski definition) is 7. The second-order valence-corrected chi connectivity index (χ2v) is 6.58. The molecular formula is C20H22N8O2. The number of fused-ring (bicyclic) bond motifs is 1. The highest BCUT2D eigenvalue weighted by Crippen LogP contribution is 2.35. The fraction of sp³-hybridized carbons (Fsp3) is 0.200. The van der Waals surface area contributed by atoms with E-state index in [0.29, 0.717) is 28.8 Å². The van der Waals surface area contributed by atoms with Crippen molar-refractivity contribution in [2.24, 2.45) is 7.05 Å². The smallest absolute Gasteiger partial charge is 0.254 e. The summed E-state index contributed by atoms with van der Waals surface area (Å²) in [6, 6.07) is 5.11. The fourth-order valence-electron chi connectivity index (χ4n) is 3.13. The van der Waals surface area contributed by atoms with Crippen molar-refractivity contribution in [3.05, 3.63) is 54.1 Å². The average Bonchev–Trinajstić information content (AvgIpc) is 3.32. The van der Waals surface area contributed by atoms with E-state index in [-0.39, 0.29) is 5.56 Å². The minimum atomic E-state index is -2.65. The Hall–Kier alpha value is -4.08. The van der Waals surface area contributed by atoms with Gasteiger partial charge in [0.1, 0.15) is 11.3 Å². The summed E-state index contributed by atoms with van der Waals surface area (Å²) in [6.07, 6.45) is 6.54. The van der Waals surface area contributed by atoms with Gasteiger partial charge in [0, 0.05) is 48.9 Å². The van der Waals surface area contributed by atoms with Gasteiger partial charge in [0.05, 0.1) is 30.2 Å². The van der Waals surface area contributed by atoms with E-state index in [9.17, 15) is 4.79 Å². The van der Waals surface area contributed by atoms with Gasteiger partial charge < -0.3 is 20.7 Å². The van der Waals surface area contributed by atoms with E-state index >= 15 is 0 Å². The van der Waals surface area contributed by atoms with E-state index in [1.165, 1.54) is 13.3 Å². The molecule has 10 heteroatoms. The van der Waals surface area contributed by atoms with E-state index in [2.05, 4.69) is 25.8 Å². The number of aromatic nitrogens is 5. The van der Waals surface area contributed by atoms with Gasteiger partial charge >= 0.3 is 0 Å². The Balaban J connectivity index is 1.76. The van der Waals surface area contributed by atoms with Gasteiger partial charge in [0.25, 0.3) is 5.91 Å². The minimum Gasteiger partial charge on any atom is -0.492 e. The predicted octanol–water partition coefficient (Wildman–Crippen LogP) is 2.63. The quantitative estimate of drug-likeness (QED) is 0.449. The molecule has 0 saturated carbocycles. The number of anilines is 4. The number of aryl methyl sites for hydroxylation is 2. The van der Waals surface area contributed by atoms with Crippen LogP contribution in [-0.4, -0.2) is 44.4 Å². The summed E-state index contributed by atoms with van der Waals surface area (Å²) < 4.78 is 31.0. The lowest BCUT2D eigenvalue weighted by Gasteiger charge is -2.16. The molecule has 0 atom stereocenters. The first-order chi connectivity index (χ1) is 15.6. The van der Waals surface area contributed by atoms with Crippen LogP contribution in [0.3, 0.4) is 0 Å². The van der Waals surface area contributed by atoms with Crippen molar-refractivity contribution in [2.75, 3.05) is 24.7 Å². The number of rotatable bonds is 6. The van der Waals surface area contributed by atoms with Crippen molar-refractivity contribution >= 4 is 34.4 Å². The van der Waals surface area contributed by atoms with Gasteiger partial charge in [-0.1, -0.05) is 0 Å². The summed E-state index contributed by atoms with van der Waals surface area (Å²) in [7, 11) is 3.32. The van der Waals surface area contributed by atoms with Crippen LogP contribution < -0.4 is 20.7 Å². The highest BCUT2D eigenvalue weighted by Gasteiger charge is 2.17. The van der Waals surface area contributed by atoms with Crippen LogP contribution in [0.2, 0.25) is 0 Å². The summed E-state index contributed by atoms with van der Waals surface area (Å²) in [4.78, 5) is 16.9. The van der Waals surface area contributed by atoms with Crippen LogP contribution in [0.5, 0.6) is 5.75 Å². The van der Waals surface area contributed by atoms with Crippen molar-refractivity contribution in [3.63, 3.8) is 0 Å². The number of ether oxygens (including phenoxy) is 1. The van der Waals surface area contributed by atoms with E-state index in [1.54, 1.807) is 53.0 Å². The Morgan fingerprint density at radius 2 is 2.03 bits per heavy atom. The van der Waals surface area contributed by atoms with Gasteiger partial charge in [-0.2, -0.15) is 10.2 Å². The normalized spacial score (nSPS) is 12.7. The molecule has 30 heavy (non-hydrogen) atoms. The Morgan fingerprint density at radius 1 is 1.17 bits per heavy atom. The molecule has 10 nitrogen and oxygen atoms in total. The molecule has 0 aliphatic rings.